The second-order valence-electron chi connectivity index (χ2n) is 18.1. The van der Waals surface area contributed by atoms with E-state index in [9.17, 15) is 5.11 Å². The molecule has 8 heteroatoms. The van der Waals surface area contributed by atoms with Crippen molar-refractivity contribution in [3.05, 3.63) is 107 Å². The van der Waals surface area contributed by atoms with Gasteiger partial charge in [-0.25, -0.2) is 9.97 Å². The molecule has 4 aromatic heterocycles. The van der Waals surface area contributed by atoms with E-state index >= 15 is 0 Å². The van der Waals surface area contributed by atoms with Crippen LogP contribution in [-0.4, -0.2) is 29.0 Å². The summed E-state index contributed by atoms with van der Waals surface area (Å²) < 4.78 is 10.8. The number of phenols is 1. The Kier molecular flexibility index (Phi) is 9.47. The third-order valence-electron chi connectivity index (χ3n) is 9.85. The van der Waals surface area contributed by atoms with Crippen LogP contribution in [0.4, 0.5) is 0 Å². The molecule has 0 saturated heterocycles. The molecule has 0 aliphatic rings. The van der Waals surface area contributed by atoms with Crippen LogP contribution in [0.2, 0.25) is 0 Å². The van der Waals surface area contributed by atoms with E-state index < -0.39 is 0 Å². The van der Waals surface area contributed by atoms with Crippen LogP contribution >= 0.6 is 0 Å². The fourth-order valence-electron chi connectivity index (χ4n) is 6.66. The normalized spacial score (nSPS) is 12.8. The summed E-state index contributed by atoms with van der Waals surface area (Å²) in [4.78, 5) is 15.2. The van der Waals surface area contributed by atoms with Crippen LogP contribution in [0.3, 0.4) is 0 Å². The standard InChI is InChI=1S/C45H50N5O2.Pt/c1-42(2,3)27-16-15-17-30(22-27)49-40-36(50-35-19-14-13-18-33(35)47-41(49)50)20-21-37(48-40)52-38-26-29(44(7,8)9)25-34(46-38)31-23-28(43(4,5)6)24-32(39(31)51)45(10,11)12;/h13-16,18-26,51H,1-12H3;/q-1;. The fourth-order valence-corrected chi connectivity index (χ4v) is 6.66. The van der Waals surface area contributed by atoms with Crippen molar-refractivity contribution in [3.63, 3.8) is 0 Å². The monoisotopic (exact) mass is 887 g/mol. The first kappa shape index (κ1) is 38.2. The SMILES string of the molecule is CC(C)(C)c1cc[c-]c(-n2c3nc(Oc4cc(C(C)(C)C)cc(-c5cc(C(C)(C)C)cc(C(C)(C)C)c5O)n4)ccc3n3c4ccccc4nc23)c1.[Pt]. The molecule has 0 spiro atoms. The van der Waals surface area contributed by atoms with E-state index in [1.165, 1.54) is 5.56 Å². The van der Waals surface area contributed by atoms with E-state index in [2.05, 4.69) is 135 Å². The Morgan fingerprint density at radius 1 is 0.623 bits per heavy atom. The molecule has 0 atom stereocenters. The van der Waals surface area contributed by atoms with Gasteiger partial charge in [-0.15, -0.1) is 6.07 Å². The predicted molar refractivity (Wildman–Crippen MR) is 212 cm³/mol. The number of rotatable bonds is 4. The van der Waals surface area contributed by atoms with Gasteiger partial charge in [-0.05, 0) is 63.1 Å². The fraction of sp³-hybridized carbons (Fsp3) is 0.356. The number of ether oxygens (including phenoxy) is 1. The average Bonchev–Trinajstić information content (AvgIpc) is 3.57. The van der Waals surface area contributed by atoms with Crippen LogP contribution in [0.15, 0.2) is 78.9 Å². The van der Waals surface area contributed by atoms with Crippen LogP contribution in [0, 0.1) is 6.07 Å². The largest absolute Gasteiger partial charge is 0.507 e. The van der Waals surface area contributed by atoms with Gasteiger partial charge in [0.05, 0.1) is 22.2 Å². The van der Waals surface area contributed by atoms with Crippen LogP contribution in [0.25, 0.3) is 44.9 Å². The smallest absolute Gasteiger partial charge is 0.223 e. The summed E-state index contributed by atoms with van der Waals surface area (Å²) in [5, 5.41) is 11.8. The van der Waals surface area contributed by atoms with Crippen molar-refractivity contribution in [3.8, 4) is 34.5 Å². The van der Waals surface area contributed by atoms with Gasteiger partial charge in [-0.3, -0.25) is 8.97 Å². The summed E-state index contributed by atoms with van der Waals surface area (Å²) in [6, 6.07) is 30.0. The maximum Gasteiger partial charge on any atom is 0.223 e. The number of hydrogen-bond donors (Lipinski definition) is 1. The molecule has 4 heterocycles. The van der Waals surface area contributed by atoms with Crippen molar-refractivity contribution < 1.29 is 30.9 Å². The van der Waals surface area contributed by atoms with Crippen molar-refractivity contribution in [1.29, 1.82) is 0 Å². The van der Waals surface area contributed by atoms with Crippen molar-refractivity contribution in [2.45, 2.75) is 105 Å². The van der Waals surface area contributed by atoms with Gasteiger partial charge in [-0.1, -0.05) is 107 Å². The first-order valence-electron chi connectivity index (χ1n) is 18.1. The number of benzene rings is 3. The molecule has 0 amide bonds. The first-order chi connectivity index (χ1) is 24.2. The zero-order valence-electron chi connectivity index (χ0n) is 32.9. The molecule has 0 bridgehead atoms. The third-order valence-corrected chi connectivity index (χ3v) is 9.85. The molecule has 0 radical (unpaired) electrons. The number of fused-ring (bicyclic) bond motifs is 5. The molecule has 7 rings (SSSR count). The van der Waals surface area contributed by atoms with E-state index in [-0.39, 0.29) is 48.5 Å². The van der Waals surface area contributed by atoms with Crippen molar-refractivity contribution in [2.75, 3.05) is 0 Å². The Bertz CT molecular complexity index is 2500. The van der Waals surface area contributed by atoms with Crippen molar-refractivity contribution in [2.24, 2.45) is 0 Å². The number of phenolic OH excluding ortho intramolecular Hbond substituents is 1. The molecule has 0 aliphatic carbocycles. The number of para-hydroxylation sites is 2. The molecular formula is C45H50N5O2Pt-. The minimum Gasteiger partial charge on any atom is -0.507 e. The molecule has 0 saturated carbocycles. The third kappa shape index (κ3) is 7.13. The minimum atomic E-state index is -0.274. The Morgan fingerprint density at radius 3 is 1.94 bits per heavy atom. The molecule has 0 unspecified atom stereocenters. The summed E-state index contributed by atoms with van der Waals surface area (Å²) in [6.45, 7) is 26.1. The Hall–Kier alpha value is -4.48. The molecule has 0 fully saturated rings. The Balaban J connectivity index is 0.00000481. The second kappa shape index (κ2) is 13.1. The quantitative estimate of drug-likeness (QED) is 0.178. The van der Waals surface area contributed by atoms with Gasteiger partial charge in [0.2, 0.25) is 17.5 Å². The molecule has 3 aromatic carbocycles. The molecule has 1 N–H and O–H groups in total. The molecule has 7 nitrogen and oxygen atoms in total. The topological polar surface area (TPSA) is 77.5 Å². The van der Waals surface area contributed by atoms with E-state index in [1.807, 2.05) is 42.5 Å². The van der Waals surface area contributed by atoms with E-state index in [4.69, 9.17) is 19.7 Å². The summed E-state index contributed by atoms with van der Waals surface area (Å²) in [5.74, 6) is 1.80. The van der Waals surface area contributed by atoms with Crippen LogP contribution in [0.5, 0.6) is 17.5 Å². The summed E-state index contributed by atoms with van der Waals surface area (Å²) >= 11 is 0. The number of hydrogen-bond acceptors (Lipinski definition) is 5. The first-order valence-corrected chi connectivity index (χ1v) is 18.1. The molecule has 53 heavy (non-hydrogen) atoms. The Labute approximate surface area is 327 Å². The van der Waals surface area contributed by atoms with Gasteiger partial charge in [0.25, 0.3) is 0 Å². The van der Waals surface area contributed by atoms with Gasteiger partial charge >= 0.3 is 0 Å². The van der Waals surface area contributed by atoms with E-state index in [0.717, 1.165) is 44.7 Å². The number of pyridine rings is 2. The van der Waals surface area contributed by atoms with Gasteiger partial charge < -0.3 is 9.84 Å². The summed E-state index contributed by atoms with van der Waals surface area (Å²) in [5.41, 5.74) is 9.27. The van der Waals surface area contributed by atoms with E-state index in [0.29, 0.717) is 28.7 Å². The number of aromatic nitrogens is 5. The van der Waals surface area contributed by atoms with Crippen LogP contribution < -0.4 is 4.74 Å². The molecule has 0 aliphatic heterocycles. The number of nitrogens with zero attached hydrogens (tertiary/aromatic N) is 5. The minimum absolute atomic E-state index is 0. The van der Waals surface area contributed by atoms with E-state index in [1.54, 1.807) is 0 Å². The second-order valence-corrected chi connectivity index (χ2v) is 18.1. The predicted octanol–water partition coefficient (Wildman–Crippen LogP) is 11.4. The van der Waals surface area contributed by atoms with Crippen molar-refractivity contribution in [1.82, 2.24) is 23.9 Å². The zero-order valence-corrected chi connectivity index (χ0v) is 35.2. The maximum absolute atomic E-state index is 11.8. The zero-order chi connectivity index (χ0) is 37.5. The summed E-state index contributed by atoms with van der Waals surface area (Å²) in [6.07, 6.45) is 0. The van der Waals surface area contributed by atoms with Gasteiger partial charge in [0, 0.05) is 44.3 Å². The summed E-state index contributed by atoms with van der Waals surface area (Å²) in [7, 11) is 0. The molecule has 7 aromatic rings. The average molecular weight is 888 g/mol. The van der Waals surface area contributed by atoms with Gasteiger partial charge in [0.15, 0.2) is 5.65 Å². The van der Waals surface area contributed by atoms with Gasteiger partial charge in [0.1, 0.15) is 5.75 Å². The van der Waals surface area contributed by atoms with Crippen molar-refractivity contribution >= 4 is 28.0 Å². The Morgan fingerprint density at radius 2 is 1.28 bits per heavy atom. The molecular weight excluding hydrogens is 838 g/mol. The molecule has 278 valence electrons. The number of imidazole rings is 2. The van der Waals surface area contributed by atoms with Crippen LogP contribution in [0.1, 0.15) is 105 Å². The van der Waals surface area contributed by atoms with Gasteiger partial charge in [-0.2, -0.15) is 28.7 Å². The van der Waals surface area contributed by atoms with Crippen LogP contribution in [-0.2, 0) is 42.7 Å². The number of aromatic hydroxyl groups is 1. The maximum atomic E-state index is 11.8.